The van der Waals surface area contributed by atoms with Crippen molar-refractivity contribution in [3.05, 3.63) is 21.9 Å². The lowest BCUT2D eigenvalue weighted by atomic mass is 10.2. The summed E-state index contributed by atoms with van der Waals surface area (Å²) in [4.78, 5) is 13.8. The summed E-state index contributed by atoms with van der Waals surface area (Å²) in [7, 11) is 0. The first-order chi connectivity index (χ1) is 4.63. The van der Waals surface area contributed by atoms with Gasteiger partial charge in [0.2, 0.25) is 0 Å². The van der Waals surface area contributed by atoms with Crippen molar-refractivity contribution in [3.63, 3.8) is 0 Å². The molecule has 0 radical (unpaired) electrons. The fraction of sp³-hybridized carbons (Fsp3) is 0.286. The van der Waals surface area contributed by atoms with E-state index in [0.717, 1.165) is 15.7 Å². The lowest BCUT2D eigenvalue weighted by Crippen LogP contribution is -1.90. The number of ketones is 1. The van der Waals surface area contributed by atoms with Crippen molar-refractivity contribution in [3.8, 4) is 0 Å². The number of H-pyrrole nitrogens is 1. The molecule has 1 aromatic heterocycles. The number of hydrogen-bond donors (Lipinski definition) is 1. The summed E-state index contributed by atoms with van der Waals surface area (Å²) in [6.07, 6.45) is 1.71. The van der Waals surface area contributed by atoms with E-state index in [0.29, 0.717) is 0 Å². The Hall–Kier alpha value is -0.570. The molecule has 0 unspecified atom stereocenters. The highest BCUT2D eigenvalue weighted by Gasteiger charge is 2.07. The van der Waals surface area contributed by atoms with Crippen molar-refractivity contribution >= 4 is 21.7 Å². The van der Waals surface area contributed by atoms with E-state index < -0.39 is 0 Å². The lowest BCUT2D eigenvalue weighted by molar-refractivity contribution is 0.101. The molecule has 0 aliphatic carbocycles. The van der Waals surface area contributed by atoms with Gasteiger partial charge in [0.1, 0.15) is 0 Å². The van der Waals surface area contributed by atoms with Gasteiger partial charge in [-0.3, -0.25) is 4.79 Å². The first-order valence-corrected chi connectivity index (χ1v) is 3.76. The summed E-state index contributed by atoms with van der Waals surface area (Å²) in [6.45, 7) is 3.46. The molecule has 3 heteroatoms. The van der Waals surface area contributed by atoms with E-state index in [9.17, 15) is 4.79 Å². The van der Waals surface area contributed by atoms with E-state index in [1.807, 2.05) is 6.92 Å². The second-order valence-corrected chi connectivity index (χ2v) is 2.99. The molecule has 0 aliphatic rings. The number of aromatic nitrogens is 1. The molecular formula is C7H8BrNO. The van der Waals surface area contributed by atoms with Crippen LogP contribution in [0.3, 0.4) is 0 Å². The van der Waals surface area contributed by atoms with Gasteiger partial charge < -0.3 is 4.98 Å². The van der Waals surface area contributed by atoms with Gasteiger partial charge in [0.15, 0.2) is 5.78 Å². The monoisotopic (exact) mass is 201 g/mol. The molecule has 0 saturated carbocycles. The van der Waals surface area contributed by atoms with Crippen LogP contribution in [0.15, 0.2) is 10.8 Å². The molecule has 0 atom stereocenters. The van der Waals surface area contributed by atoms with Crippen LogP contribution in [0.25, 0.3) is 0 Å². The molecule has 0 spiro atoms. The highest BCUT2D eigenvalue weighted by Crippen LogP contribution is 2.18. The molecule has 0 aromatic carbocycles. The second-order valence-electron chi connectivity index (χ2n) is 2.20. The Balaban J connectivity index is 3.17. The van der Waals surface area contributed by atoms with Crippen LogP contribution in [0.1, 0.15) is 22.8 Å². The van der Waals surface area contributed by atoms with Gasteiger partial charge >= 0.3 is 0 Å². The maximum absolute atomic E-state index is 10.8. The van der Waals surface area contributed by atoms with E-state index in [1.54, 1.807) is 13.1 Å². The van der Waals surface area contributed by atoms with E-state index in [4.69, 9.17) is 0 Å². The number of Topliss-reactive ketones (excluding diaryl/α,β-unsaturated/α-hetero) is 1. The molecule has 0 saturated heterocycles. The van der Waals surface area contributed by atoms with Crippen molar-refractivity contribution in [2.24, 2.45) is 0 Å². The molecule has 1 rings (SSSR count). The Morgan fingerprint density at radius 3 is 2.50 bits per heavy atom. The normalized spacial score (nSPS) is 9.90. The largest absolute Gasteiger partial charge is 0.355 e. The molecule has 2 nitrogen and oxygen atoms in total. The van der Waals surface area contributed by atoms with Gasteiger partial charge in [-0.1, -0.05) is 0 Å². The summed E-state index contributed by atoms with van der Waals surface area (Å²) >= 11 is 3.28. The molecule has 1 N–H and O–H groups in total. The molecular weight excluding hydrogens is 194 g/mol. The Bertz CT molecular complexity index is 265. The van der Waals surface area contributed by atoms with E-state index in [2.05, 4.69) is 20.9 Å². The van der Waals surface area contributed by atoms with Gasteiger partial charge in [-0.25, -0.2) is 0 Å². The predicted molar refractivity (Wildman–Crippen MR) is 43.2 cm³/mol. The van der Waals surface area contributed by atoms with Crippen molar-refractivity contribution < 1.29 is 4.79 Å². The quantitative estimate of drug-likeness (QED) is 0.696. The average molecular weight is 202 g/mol. The number of nitrogens with one attached hydrogen (secondary N) is 1. The van der Waals surface area contributed by atoms with E-state index >= 15 is 0 Å². The predicted octanol–water partition coefficient (Wildman–Crippen LogP) is 2.29. The molecule has 1 heterocycles. The van der Waals surface area contributed by atoms with Gasteiger partial charge in [0, 0.05) is 11.8 Å². The third-order valence-electron chi connectivity index (χ3n) is 1.46. The van der Waals surface area contributed by atoms with E-state index in [1.165, 1.54) is 0 Å². The second kappa shape index (κ2) is 2.58. The van der Waals surface area contributed by atoms with E-state index in [-0.39, 0.29) is 5.78 Å². The molecule has 0 amide bonds. The first-order valence-electron chi connectivity index (χ1n) is 2.97. The van der Waals surface area contributed by atoms with Crippen LogP contribution < -0.4 is 0 Å². The van der Waals surface area contributed by atoms with Crippen LogP contribution in [0.2, 0.25) is 0 Å². The topological polar surface area (TPSA) is 32.9 Å². The zero-order valence-electron chi connectivity index (χ0n) is 5.86. The molecule has 0 bridgehead atoms. The number of carbonyl (C=O) groups excluding carboxylic acids is 1. The fourth-order valence-electron chi connectivity index (χ4n) is 0.836. The summed E-state index contributed by atoms with van der Waals surface area (Å²) in [6, 6.07) is 0. The SMILES string of the molecule is CC(=O)c1c[nH]c(Br)c1C. The summed E-state index contributed by atoms with van der Waals surface area (Å²) < 4.78 is 0.887. The number of rotatable bonds is 1. The summed E-state index contributed by atoms with van der Waals surface area (Å²) in [5, 5.41) is 0. The van der Waals surface area contributed by atoms with Gasteiger partial charge in [-0.05, 0) is 35.3 Å². The first kappa shape index (κ1) is 7.54. The zero-order chi connectivity index (χ0) is 7.72. The van der Waals surface area contributed by atoms with Crippen LogP contribution >= 0.6 is 15.9 Å². The maximum atomic E-state index is 10.8. The third kappa shape index (κ3) is 1.14. The Kier molecular flexibility index (Phi) is 1.94. The minimum atomic E-state index is 0.0967. The van der Waals surface area contributed by atoms with Crippen molar-refractivity contribution in [1.29, 1.82) is 0 Å². The van der Waals surface area contributed by atoms with Crippen molar-refractivity contribution in [2.75, 3.05) is 0 Å². The van der Waals surface area contributed by atoms with Crippen molar-refractivity contribution in [1.82, 2.24) is 4.98 Å². The Labute approximate surface area is 67.8 Å². The summed E-state index contributed by atoms with van der Waals surface area (Å²) in [5.41, 5.74) is 1.74. The number of carbonyl (C=O) groups is 1. The minimum Gasteiger partial charge on any atom is -0.355 e. The fourth-order valence-corrected chi connectivity index (χ4v) is 1.16. The van der Waals surface area contributed by atoms with Gasteiger partial charge in [0.25, 0.3) is 0 Å². The summed E-state index contributed by atoms with van der Waals surface area (Å²) in [5.74, 6) is 0.0967. The third-order valence-corrected chi connectivity index (χ3v) is 2.28. The lowest BCUT2D eigenvalue weighted by Gasteiger charge is -1.89. The van der Waals surface area contributed by atoms with Crippen LogP contribution in [-0.4, -0.2) is 10.8 Å². The van der Waals surface area contributed by atoms with Crippen LogP contribution in [0, 0.1) is 6.92 Å². The van der Waals surface area contributed by atoms with Gasteiger partial charge in [0.05, 0.1) is 4.60 Å². The number of halogens is 1. The maximum Gasteiger partial charge on any atom is 0.161 e. The molecule has 54 valence electrons. The average Bonchev–Trinajstić information content (AvgIpc) is 2.14. The highest BCUT2D eigenvalue weighted by atomic mass is 79.9. The molecule has 0 fully saturated rings. The number of hydrogen-bond acceptors (Lipinski definition) is 1. The van der Waals surface area contributed by atoms with Crippen molar-refractivity contribution in [2.45, 2.75) is 13.8 Å². The zero-order valence-corrected chi connectivity index (χ0v) is 7.45. The Morgan fingerprint density at radius 2 is 2.30 bits per heavy atom. The Morgan fingerprint density at radius 1 is 1.70 bits per heavy atom. The van der Waals surface area contributed by atoms with Gasteiger partial charge in [-0.2, -0.15) is 0 Å². The van der Waals surface area contributed by atoms with Crippen LogP contribution in [-0.2, 0) is 0 Å². The molecule has 10 heavy (non-hydrogen) atoms. The van der Waals surface area contributed by atoms with Gasteiger partial charge in [-0.15, -0.1) is 0 Å². The highest BCUT2D eigenvalue weighted by molar-refractivity contribution is 9.10. The molecule has 1 aromatic rings. The van der Waals surface area contributed by atoms with Crippen LogP contribution in [0.5, 0.6) is 0 Å². The molecule has 0 aliphatic heterocycles. The van der Waals surface area contributed by atoms with Crippen LogP contribution in [0.4, 0.5) is 0 Å². The number of aromatic amines is 1. The smallest absolute Gasteiger partial charge is 0.161 e. The standard InChI is InChI=1S/C7H8BrNO/c1-4-6(5(2)10)3-9-7(4)8/h3,9H,1-2H3. The minimum absolute atomic E-state index is 0.0967.